The van der Waals surface area contributed by atoms with Crippen molar-refractivity contribution in [3.8, 4) is 0 Å². The van der Waals surface area contributed by atoms with E-state index in [1.807, 2.05) is 24.3 Å². The first-order valence-electron chi connectivity index (χ1n) is 5.53. The van der Waals surface area contributed by atoms with Crippen molar-refractivity contribution in [2.45, 2.75) is 13.0 Å². The Bertz CT molecular complexity index is 554. The third kappa shape index (κ3) is 3.59. The third-order valence-electron chi connectivity index (χ3n) is 2.65. The van der Waals surface area contributed by atoms with Gasteiger partial charge in [0.1, 0.15) is 0 Å². The normalized spacial score (nSPS) is 12.2. The molecule has 0 aliphatic heterocycles. The number of halogens is 3. The van der Waals surface area contributed by atoms with Crippen LogP contribution in [0.3, 0.4) is 0 Å². The van der Waals surface area contributed by atoms with Crippen molar-refractivity contribution in [2.24, 2.45) is 0 Å². The fraction of sp³-hybridized carbons (Fsp3) is 0.143. The van der Waals surface area contributed by atoms with Crippen LogP contribution in [0.4, 0.5) is 5.69 Å². The molecular weight excluding hydrogens is 422 g/mol. The Morgan fingerprint density at radius 3 is 2.33 bits per heavy atom. The van der Waals surface area contributed by atoms with E-state index in [0.29, 0.717) is 0 Å². The molecule has 1 nitrogen and oxygen atoms in total. The highest BCUT2D eigenvalue weighted by atomic mass is 79.9. The summed E-state index contributed by atoms with van der Waals surface area (Å²) < 4.78 is 3.22. The number of hydrogen-bond acceptors (Lipinski definition) is 1. The van der Waals surface area contributed by atoms with Crippen LogP contribution in [0.5, 0.6) is 0 Å². The molecule has 0 spiro atoms. The molecular formula is C14H12Br3N. The van der Waals surface area contributed by atoms with Gasteiger partial charge in [-0.1, -0.05) is 44.0 Å². The second kappa shape index (κ2) is 6.22. The van der Waals surface area contributed by atoms with E-state index in [1.165, 1.54) is 5.56 Å². The predicted octanol–water partition coefficient (Wildman–Crippen LogP) is 6.15. The Morgan fingerprint density at radius 1 is 0.944 bits per heavy atom. The highest BCUT2D eigenvalue weighted by Gasteiger charge is 2.08. The minimum atomic E-state index is 0.250. The lowest BCUT2D eigenvalue weighted by atomic mass is 10.1. The van der Waals surface area contributed by atoms with Crippen LogP contribution < -0.4 is 5.32 Å². The molecule has 18 heavy (non-hydrogen) atoms. The maximum absolute atomic E-state index is 3.56. The first-order chi connectivity index (χ1) is 8.56. The highest BCUT2D eigenvalue weighted by Crippen LogP contribution is 2.29. The molecule has 0 saturated heterocycles. The fourth-order valence-corrected chi connectivity index (χ4v) is 3.28. The molecule has 2 aromatic carbocycles. The maximum Gasteiger partial charge on any atom is 0.0490 e. The van der Waals surface area contributed by atoms with Gasteiger partial charge < -0.3 is 5.32 Å². The molecule has 0 heterocycles. The standard InChI is InChI=1S/C14H12Br3N/c1-9(10-3-2-4-11(15)7-10)18-14-6-5-12(16)8-13(14)17/h2-9,18H,1H3. The summed E-state index contributed by atoms with van der Waals surface area (Å²) in [6.45, 7) is 2.15. The summed E-state index contributed by atoms with van der Waals surface area (Å²) >= 11 is 10.5. The van der Waals surface area contributed by atoms with E-state index in [4.69, 9.17) is 0 Å². The molecule has 94 valence electrons. The van der Waals surface area contributed by atoms with Gasteiger partial charge in [-0.25, -0.2) is 0 Å². The number of nitrogens with one attached hydrogen (secondary N) is 1. The van der Waals surface area contributed by atoms with Crippen LogP contribution in [0.25, 0.3) is 0 Å². The third-order valence-corrected chi connectivity index (χ3v) is 4.29. The van der Waals surface area contributed by atoms with Crippen molar-refractivity contribution < 1.29 is 0 Å². The van der Waals surface area contributed by atoms with Gasteiger partial charge in [0.05, 0.1) is 0 Å². The smallest absolute Gasteiger partial charge is 0.0490 e. The van der Waals surface area contributed by atoms with E-state index in [0.717, 1.165) is 19.1 Å². The van der Waals surface area contributed by atoms with E-state index in [9.17, 15) is 0 Å². The molecule has 0 aliphatic carbocycles. The van der Waals surface area contributed by atoms with E-state index in [1.54, 1.807) is 0 Å². The molecule has 0 aromatic heterocycles. The van der Waals surface area contributed by atoms with E-state index >= 15 is 0 Å². The van der Waals surface area contributed by atoms with Gasteiger partial charge >= 0.3 is 0 Å². The van der Waals surface area contributed by atoms with Gasteiger partial charge in [-0.05, 0) is 58.7 Å². The zero-order valence-electron chi connectivity index (χ0n) is 9.75. The molecule has 0 fully saturated rings. The lowest BCUT2D eigenvalue weighted by Gasteiger charge is -2.17. The topological polar surface area (TPSA) is 12.0 Å². The first kappa shape index (κ1) is 14.1. The number of benzene rings is 2. The predicted molar refractivity (Wildman–Crippen MR) is 88.0 cm³/mol. The van der Waals surface area contributed by atoms with E-state index in [-0.39, 0.29) is 6.04 Å². The Hall–Kier alpha value is -0.320. The summed E-state index contributed by atoms with van der Waals surface area (Å²) in [5.41, 5.74) is 2.34. The van der Waals surface area contributed by atoms with Crippen molar-refractivity contribution in [1.29, 1.82) is 0 Å². The summed E-state index contributed by atoms with van der Waals surface area (Å²) in [6, 6.07) is 14.7. The lowest BCUT2D eigenvalue weighted by molar-refractivity contribution is 0.882. The number of rotatable bonds is 3. The Kier molecular flexibility index (Phi) is 4.87. The van der Waals surface area contributed by atoms with E-state index in [2.05, 4.69) is 78.2 Å². The van der Waals surface area contributed by atoms with Crippen molar-refractivity contribution in [1.82, 2.24) is 0 Å². The molecule has 2 aromatic rings. The van der Waals surface area contributed by atoms with Crippen molar-refractivity contribution in [3.05, 3.63) is 61.4 Å². The largest absolute Gasteiger partial charge is 0.378 e. The van der Waals surface area contributed by atoms with Crippen LogP contribution in [0.2, 0.25) is 0 Å². The molecule has 0 bridgehead atoms. The average molecular weight is 434 g/mol. The molecule has 1 N–H and O–H groups in total. The first-order valence-corrected chi connectivity index (χ1v) is 7.91. The van der Waals surface area contributed by atoms with E-state index < -0.39 is 0 Å². The Morgan fingerprint density at radius 2 is 1.67 bits per heavy atom. The van der Waals surface area contributed by atoms with Gasteiger partial charge in [-0.2, -0.15) is 0 Å². The minimum Gasteiger partial charge on any atom is -0.378 e. The summed E-state index contributed by atoms with van der Waals surface area (Å²) in [5.74, 6) is 0. The monoisotopic (exact) mass is 431 g/mol. The van der Waals surface area contributed by atoms with Crippen LogP contribution in [0.1, 0.15) is 18.5 Å². The van der Waals surface area contributed by atoms with Crippen LogP contribution in [0.15, 0.2) is 55.9 Å². The van der Waals surface area contributed by atoms with Gasteiger partial charge in [0.15, 0.2) is 0 Å². The molecule has 0 radical (unpaired) electrons. The van der Waals surface area contributed by atoms with Gasteiger partial charge in [0.2, 0.25) is 0 Å². The minimum absolute atomic E-state index is 0.250. The molecule has 4 heteroatoms. The van der Waals surface area contributed by atoms with Gasteiger partial charge in [-0.3, -0.25) is 0 Å². The quantitative estimate of drug-likeness (QED) is 0.612. The molecule has 0 amide bonds. The molecule has 2 rings (SSSR count). The molecule has 0 aliphatic rings. The summed E-state index contributed by atoms with van der Waals surface area (Å²) in [4.78, 5) is 0. The molecule has 0 saturated carbocycles. The average Bonchev–Trinajstić information content (AvgIpc) is 2.32. The Labute approximate surface area is 132 Å². The van der Waals surface area contributed by atoms with Gasteiger partial charge in [-0.15, -0.1) is 0 Å². The summed E-state index contributed by atoms with van der Waals surface area (Å²) in [5, 5.41) is 3.49. The van der Waals surface area contributed by atoms with Gasteiger partial charge in [0.25, 0.3) is 0 Å². The Balaban J connectivity index is 2.18. The zero-order chi connectivity index (χ0) is 13.1. The second-order valence-electron chi connectivity index (χ2n) is 4.05. The van der Waals surface area contributed by atoms with Crippen molar-refractivity contribution >= 4 is 53.5 Å². The fourth-order valence-electron chi connectivity index (χ4n) is 1.70. The van der Waals surface area contributed by atoms with Crippen LogP contribution in [0, 0.1) is 0 Å². The van der Waals surface area contributed by atoms with Gasteiger partial charge in [0, 0.05) is 25.1 Å². The van der Waals surface area contributed by atoms with Crippen molar-refractivity contribution in [3.63, 3.8) is 0 Å². The van der Waals surface area contributed by atoms with Crippen LogP contribution >= 0.6 is 47.8 Å². The zero-order valence-corrected chi connectivity index (χ0v) is 14.5. The summed E-state index contributed by atoms with van der Waals surface area (Å²) in [7, 11) is 0. The molecule has 1 atom stereocenters. The van der Waals surface area contributed by atoms with Crippen LogP contribution in [-0.4, -0.2) is 0 Å². The number of anilines is 1. The van der Waals surface area contributed by atoms with Crippen molar-refractivity contribution in [2.75, 3.05) is 5.32 Å². The summed E-state index contributed by atoms with van der Waals surface area (Å²) in [6.07, 6.45) is 0. The number of hydrogen-bond donors (Lipinski definition) is 1. The molecule has 1 unspecified atom stereocenters. The maximum atomic E-state index is 3.56. The second-order valence-corrected chi connectivity index (χ2v) is 6.73. The SMILES string of the molecule is CC(Nc1ccc(Br)cc1Br)c1cccc(Br)c1. The highest BCUT2D eigenvalue weighted by molar-refractivity contribution is 9.11. The lowest BCUT2D eigenvalue weighted by Crippen LogP contribution is -2.06. The van der Waals surface area contributed by atoms with Crippen LogP contribution in [-0.2, 0) is 0 Å².